The van der Waals surface area contributed by atoms with Crippen LogP contribution in [0.1, 0.15) is 62.2 Å². The number of anilines is 1. The summed E-state index contributed by atoms with van der Waals surface area (Å²) < 4.78 is 50.5. The molecule has 11 nitrogen and oxygen atoms in total. The van der Waals surface area contributed by atoms with Crippen LogP contribution in [0.2, 0.25) is 20.1 Å². The summed E-state index contributed by atoms with van der Waals surface area (Å²) in [4.78, 5) is 19.9. The lowest BCUT2D eigenvalue weighted by Crippen LogP contribution is -2.50. The standard InChI is InChI=1S/C29H34Cl2N4O2S.C13H12Cl2N2O3S/c1-18-23(21-11-8-12-22(30)24(21)31)26(37-5)33-27(32-18)35-15-13-29(14-16-35)17-19-9-6-7-10-20(19)25(29)34-38(36)28(2,3)4;1-7-10(8-5-4-6-9(14)11(8)15)12(20-2)17-13(16-7)21(3,18)19/h6-12,25,34H,13-17H2,1-5H3;4-6H,1-3H3/t25-,38+;/m1./s1. The van der Waals surface area contributed by atoms with Crippen LogP contribution in [-0.2, 0) is 27.6 Å². The first kappa shape index (κ1) is 45.1. The van der Waals surface area contributed by atoms with Crippen molar-refractivity contribution in [2.45, 2.75) is 69.8 Å². The fraction of sp³-hybridized carbons (Fsp3) is 0.381. The molecule has 2 aliphatic rings. The Kier molecular flexibility index (Phi) is 13.7. The molecule has 1 saturated heterocycles. The molecule has 2 aromatic heterocycles. The summed E-state index contributed by atoms with van der Waals surface area (Å²) in [7, 11) is -0.527. The minimum Gasteiger partial charge on any atom is -0.598 e. The van der Waals surface area contributed by atoms with Crippen molar-refractivity contribution >= 4 is 73.6 Å². The molecule has 0 unspecified atom stereocenters. The molecule has 2 atom stereocenters. The molecule has 17 heteroatoms. The number of hydrogen-bond donors (Lipinski definition) is 1. The van der Waals surface area contributed by atoms with Gasteiger partial charge in [0, 0.05) is 47.2 Å². The van der Waals surface area contributed by atoms with Crippen molar-refractivity contribution in [1.82, 2.24) is 24.7 Å². The number of fused-ring (bicyclic) bond motifs is 1. The summed E-state index contributed by atoms with van der Waals surface area (Å²) in [6.45, 7) is 11.2. The number of nitrogens with one attached hydrogen (secondary N) is 1. The van der Waals surface area contributed by atoms with Gasteiger partial charge in [-0.1, -0.05) is 94.9 Å². The van der Waals surface area contributed by atoms with Crippen LogP contribution in [0.3, 0.4) is 0 Å². The first-order valence-corrected chi connectivity index (χ1v) is 23.3. The summed E-state index contributed by atoms with van der Waals surface area (Å²) in [5, 5.41) is 1.35. The second-order valence-electron chi connectivity index (χ2n) is 15.6. The van der Waals surface area contributed by atoms with E-state index in [2.05, 4.69) is 43.9 Å². The smallest absolute Gasteiger partial charge is 0.250 e. The third-order valence-corrected chi connectivity index (χ3v) is 14.6. The first-order chi connectivity index (χ1) is 27.8. The highest BCUT2D eigenvalue weighted by atomic mass is 35.5. The highest BCUT2D eigenvalue weighted by Crippen LogP contribution is 2.53. The number of ether oxygens (including phenoxy) is 2. The van der Waals surface area contributed by atoms with E-state index in [1.165, 1.54) is 18.2 Å². The van der Waals surface area contributed by atoms with E-state index in [4.69, 9.17) is 65.8 Å². The third kappa shape index (κ3) is 9.43. The minimum atomic E-state index is -3.54. The predicted octanol–water partition coefficient (Wildman–Crippen LogP) is 9.87. The van der Waals surface area contributed by atoms with E-state index in [0.717, 1.165) is 55.4 Å². The molecule has 0 bridgehead atoms. The number of halogens is 4. The molecule has 1 aliphatic carbocycles. The molecular weight excluding hydrogens is 874 g/mol. The van der Waals surface area contributed by atoms with E-state index in [1.54, 1.807) is 38.3 Å². The van der Waals surface area contributed by atoms with Gasteiger partial charge in [0.15, 0.2) is 0 Å². The highest BCUT2D eigenvalue weighted by molar-refractivity contribution is 7.91. The maximum Gasteiger partial charge on any atom is 0.250 e. The highest BCUT2D eigenvalue weighted by Gasteiger charge is 2.50. The van der Waals surface area contributed by atoms with Crippen LogP contribution in [0, 0.1) is 19.3 Å². The quantitative estimate of drug-likeness (QED) is 0.117. The van der Waals surface area contributed by atoms with Crippen LogP contribution < -0.4 is 19.1 Å². The topological polar surface area (TPSA) is 142 Å². The van der Waals surface area contributed by atoms with Gasteiger partial charge in [-0.05, 0) is 77.1 Å². The van der Waals surface area contributed by atoms with Gasteiger partial charge >= 0.3 is 0 Å². The van der Waals surface area contributed by atoms with Crippen molar-refractivity contribution < 1.29 is 22.4 Å². The van der Waals surface area contributed by atoms with E-state index in [-0.39, 0.29) is 27.2 Å². The summed E-state index contributed by atoms with van der Waals surface area (Å²) >= 11 is 23.8. The average molecular weight is 921 g/mol. The Balaban J connectivity index is 0.000000236. The Morgan fingerprint density at radius 2 is 1.32 bits per heavy atom. The molecule has 0 amide bonds. The van der Waals surface area contributed by atoms with Crippen molar-refractivity contribution in [2.75, 3.05) is 38.5 Å². The second-order valence-corrected chi connectivity index (χ2v) is 21.1. The molecule has 1 N–H and O–H groups in total. The Labute approximate surface area is 369 Å². The molecule has 0 saturated carbocycles. The molecule has 0 radical (unpaired) electrons. The lowest BCUT2D eigenvalue weighted by atomic mass is 9.73. The number of hydrogen-bond acceptors (Lipinski definition) is 11. The van der Waals surface area contributed by atoms with E-state index in [9.17, 15) is 13.0 Å². The number of benzene rings is 3. The summed E-state index contributed by atoms with van der Waals surface area (Å²) in [5.74, 6) is 1.26. The summed E-state index contributed by atoms with van der Waals surface area (Å²) in [5.41, 5.74) is 6.43. The zero-order valence-electron chi connectivity index (χ0n) is 34.0. The molecule has 3 aromatic carbocycles. The Morgan fingerprint density at radius 3 is 1.85 bits per heavy atom. The average Bonchev–Trinajstić information content (AvgIpc) is 3.48. The van der Waals surface area contributed by atoms with Gasteiger partial charge in [0.25, 0.3) is 0 Å². The number of aryl methyl sites for hydroxylation is 2. The molecule has 1 aliphatic heterocycles. The number of sulfone groups is 1. The molecule has 314 valence electrons. The molecule has 3 heterocycles. The molecule has 59 heavy (non-hydrogen) atoms. The summed E-state index contributed by atoms with van der Waals surface area (Å²) in [6, 6.07) is 19.3. The van der Waals surface area contributed by atoms with Crippen molar-refractivity contribution in [1.29, 1.82) is 0 Å². The number of piperidine rings is 1. The minimum absolute atomic E-state index is 0.00547. The van der Waals surface area contributed by atoms with Crippen LogP contribution in [0.25, 0.3) is 22.3 Å². The molecule has 1 spiro atoms. The number of nitrogens with zero attached hydrogens (tertiary/aromatic N) is 5. The fourth-order valence-corrected chi connectivity index (χ4v) is 9.83. The Hall–Kier alpha value is -3.40. The van der Waals surface area contributed by atoms with Gasteiger partial charge in [-0.15, -0.1) is 4.72 Å². The second kappa shape index (κ2) is 17.9. The van der Waals surface area contributed by atoms with Gasteiger partial charge in [0.05, 0.1) is 62.9 Å². The van der Waals surface area contributed by atoms with Gasteiger partial charge in [-0.25, -0.2) is 18.4 Å². The predicted molar refractivity (Wildman–Crippen MR) is 238 cm³/mol. The van der Waals surface area contributed by atoms with Gasteiger partial charge in [0.1, 0.15) is 4.75 Å². The van der Waals surface area contributed by atoms with Gasteiger partial charge < -0.3 is 18.9 Å². The van der Waals surface area contributed by atoms with E-state index in [1.807, 2.05) is 39.8 Å². The van der Waals surface area contributed by atoms with E-state index in [0.29, 0.717) is 48.7 Å². The normalized spacial score (nSPS) is 16.6. The van der Waals surface area contributed by atoms with Crippen molar-refractivity contribution in [3.63, 3.8) is 0 Å². The van der Waals surface area contributed by atoms with Crippen LogP contribution in [0.15, 0.2) is 65.8 Å². The van der Waals surface area contributed by atoms with Gasteiger partial charge in [0.2, 0.25) is 32.7 Å². The van der Waals surface area contributed by atoms with Crippen LogP contribution in [0.4, 0.5) is 5.95 Å². The molecule has 1 fully saturated rings. The van der Waals surface area contributed by atoms with E-state index < -0.39 is 21.2 Å². The van der Waals surface area contributed by atoms with Crippen molar-refractivity contribution in [2.24, 2.45) is 5.41 Å². The van der Waals surface area contributed by atoms with Gasteiger partial charge in [-0.2, -0.15) is 9.97 Å². The maximum absolute atomic E-state index is 13.2. The van der Waals surface area contributed by atoms with Crippen molar-refractivity contribution in [3.05, 3.63) is 103 Å². The number of methoxy groups -OCH3 is 2. The number of rotatable bonds is 8. The zero-order chi connectivity index (χ0) is 43.0. The number of aromatic nitrogens is 4. The zero-order valence-corrected chi connectivity index (χ0v) is 38.6. The molecule has 7 rings (SSSR count). The largest absolute Gasteiger partial charge is 0.598 e. The first-order valence-electron chi connectivity index (χ1n) is 18.7. The Morgan fingerprint density at radius 1 is 0.797 bits per heavy atom. The monoisotopic (exact) mass is 918 g/mol. The lowest BCUT2D eigenvalue weighted by molar-refractivity contribution is 0.175. The lowest BCUT2D eigenvalue weighted by Gasteiger charge is -2.44. The maximum atomic E-state index is 13.2. The van der Waals surface area contributed by atoms with Crippen LogP contribution in [0.5, 0.6) is 11.8 Å². The SMILES string of the molecule is COc1nc(N2CCC3(CC2)Cc2ccccc2[C@H]3N[S@@+]([O-])C(C)(C)C)nc(C)c1-c1cccc(Cl)c1Cl.COc1nc(S(C)(=O)=O)nc(C)c1-c1cccc(Cl)c1Cl. The molecule has 5 aromatic rings. The Bertz CT molecular complexity index is 2480. The van der Waals surface area contributed by atoms with Crippen LogP contribution >= 0.6 is 46.4 Å². The van der Waals surface area contributed by atoms with E-state index >= 15 is 0 Å². The third-order valence-electron chi connectivity index (χ3n) is 10.6. The fourth-order valence-electron chi connectivity index (χ4n) is 7.55. The van der Waals surface area contributed by atoms with Crippen LogP contribution in [-0.4, -0.2) is 71.2 Å². The van der Waals surface area contributed by atoms with Crippen molar-refractivity contribution in [3.8, 4) is 34.0 Å². The molecular formula is C42H46Cl4N6O5S2. The summed E-state index contributed by atoms with van der Waals surface area (Å²) in [6.07, 6.45) is 3.89. The van der Waals surface area contributed by atoms with Gasteiger partial charge in [-0.3, -0.25) is 0 Å².